The molecule has 1 fully saturated rings. The molecule has 0 radical (unpaired) electrons. The molecule has 0 atom stereocenters. The van der Waals surface area contributed by atoms with E-state index in [4.69, 9.17) is 0 Å². The maximum absolute atomic E-state index is 12.7. The molecule has 8 heteroatoms. The van der Waals surface area contributed by atoms with Gasteiger partial charge in [0.2, 0.25) is 0 Å². The number of Topliss-reactive ketones (excluding diaryl/α,β-unsaturated/α-hetero) is 1. The van der Waals surface area contributed by atoms with Gasteiger partial charge in [-0.15, -0.1) is 10.2 Å². The molecule has 0 saturated carbocycles. The molecule has 1 amide bonds. The average molecular weight is 402 g/mol. The maximum atomic E-state index is 12.7. The van der Waals surface area contributed by atoms with Crippen LogP contribution in [0.15, 0.2) is 60.8 Å². The first-order valence-corrected chi connectivity index (χ1v) is 9.77. The van der Waals surface area contributed by atoms with Crippen molar-refractivity contribution in [3.8, 4) is 0 Å². The summed E-state index contributed by atoms with van der Waals surface area (Å²) < 4.78 is 0. The molecule has 1 N–H and O–H groups in total. The molecule has 0 spiro atoms. The second-order valence-corrected chi connectivity index (χ2v) is 7.03. The minimum atomic E-state index is -0.0225. The number of hydrogen-bond donors (Lipinski definition) is 1. The first-order valence-electron chi connectivity index (χ1n) is 9.77. The summed E-state index contributed by atoms with van der Waals surface area (Å²) in [6, 6.07) is 16.2. The monoisotopic (exact) mass is 402 g/mol. The van der Waals surface area contributed by atoms with Crippen LogP contribution >= 0.6 is 0 Å². The van der Waals surface area contributed by atoms with Crippen molar-refractivity contribution in [1.29, 1.82) is 0 Å². The standard InChI is InChI=1S/C22H22N6O2/c1-16(29)17-5-7-18(8-6-17)22(30)28-14-12-27(13-15-28)21-10-9-20(25-26-21)24-19-4-2-3-11-23-19/h2-11H,12-15H2,1H3,(H,23,24,25). The average Bonchev–Trinajstić information content (AvgIpc) is 2.80. The largest absolute Gasteiger partial charge is 0.352 e. The number of nitrogens with one attached hydrogen (secondary N) is 1. The lowest BCUT2D eigenvalue weighted by Gasteiger charge is -2.35. The first-order chi connectivity index (χ1) is 14.6. The van der Waals surface area contributed by atoms with Crippen molar-refractivity contribution < 1.29 is 9.59 Å². The van der Waals surface area contributed by atoms with Gasteiger partial charge in [0.1, 0.15) is 5.82 Å². The first kappa shape index (κ1) is 19.5. The Morgan fingerprint density at radius 1 is 0.833 bits per heavy atom. The van der Waals surface area contributed by atoms with Crippen molar-refractivity contribution in [3.05, 3.63) is 71.9 Å². The van der Waals surface area contributed by atoms with Crippen LogP contribution in [-0.2, 0) is 0 Å². The minimum Gasteiger partial charge on any atom is -0.352 e. The molecular weight excluding hydrogens is 380 g/mol. The van der Waals surface area contributed by atoms with E-state index in [1.165, 1.54) is 6.92 Å². The zero-order valence-corrected chi connectivity index (χ0v) is 16.7. The Kier molecular flexibility index (Phi) is 5.65. The number of ketones is 1. The number of amides is 1. The number of pyridine rings is 1. The van der Waals surface area contributed by atoms with Gasteiger partial charge >= 0.3 is 0 Å². The van der Waals surface area contributed by atoms with Gasteiger partial charge in [-0.25, -0.2) is 4.98 Å². The van der Waals surface area contributed by atoms with Gasteiger partial charge in [-0.2, -0.15) is 0 Å². The Balaban J connectivity index is 1.33. The van der Waals surface area contributed by atoms with Crippen LogP contribution in [0.1, 0.15) is 27.6 Å². The second-order valence-electron chi connectivity index (χ2n) is 7.03. The topological polar surface area (TPSA) is 91.3 Å². The lowest BCUT2D eigenvalue weighted by Crippen LogP contribution is -2.49. The number of benzene rings is 1. The minimum absolute atomic E-state index is 0.00928. The Bertz CT molecular complexity index is 1010. The van der Waals surface area contributed by atoms with Crippen molar-refractivity contribution in [2.75, 3.05) is 36.4 Å². The third-order valence-corrected chi connectivity index (χ3v) is 5.00. The van der Waals surface area contributed by atoms with Crippen LogP contribution in [0.2, 0.25) is 0 Å². The number of aromatic nitrogens is 3. The highest BCUT2D eigenvalue weighted by Gasteiger charge is 2.23. The van der Waals surface area contributed by atoms with Crippen molar-refractivity contribution >= 4 is 29.1 Å². The molecule has 1 saturated heterocycles. The Hall–Kier alpha value is -3.81. The highest BCUT2D eigenvalue weighted by molar-refractivity contribution is 5.97. The number of anilines is 3. The maximum Gasteiger partial charge on any atom is 0.253 e. The van der Waals surface area contributed by atoms with E-state index in [2.05, 4.69) is 25.4 Å². The predicted octanol–water partition coefficient (Wildman–Crippen LogP) is 2.78. The summed E-state index contributed by atoms with van der Waals surface area (Å²) in [5, 5.41) is 11.6. The molecule has 3 heterocycles. The summed E-state index contributed by atoms with van der Waals surface area (Å²) in [5.41, 5.74) is 1.20. The van der Waals surface area contributed by atoms with Crippen LogP contribution < -0.4 is 10.2 Å². The fourth-order valence-corrected chi connectivity index (χ4v) is 3.30. The molecule has 1 aliphatic heterocycles. The van der Waals surface area contributed by atoms with E-state index in [0.717, 1.165) is 5.82 Å². The van der Waals surface area contributed by atoms with Gasteiger partial charge in [0.25, 0.3) is 5.91 Å². The molecule has 0 unspecified atom stereocenters. The molecule has 0 aliphatic carbocycles. The number of nitrogens with zero attached hydrogens (tertiary/aromatic N) is 5. The lowest BCUT2D eigenvalue weighted by atomic mass is 10.1. The third kappa shape index (κ3) is 4.43. The van der Waals surface area contributed by atoms with Crippen molar-refractivity contribution in [3.63, 3.8) is 0 Å². The molecule has 8 nitrogen and oxygen atoms in total. The highest BCUT2D eigenvalue weighted by Crippen LogP contribution is 2.17. The molecule has 4 rings (SSSR count). The van der Waals surface area contributed by atoms with Crippen LogP contribution in [-0.4, -0.2) is 58.0 Å². The summed E-state index contributed by atoms with van der Waals surface area (Å²) in [4.78, 5) is 32.3. The summed E-state index contributed by atoms with van der Waals surface area (Å²) in [7, 11) is 0. The summed E-state index contributed by atoms with van der Waals surface area (Å²) in [6.45, 7) is 4.07. The quantitative estimate of drug-likeness (QED) is 0.656. The molecule has 0 bridgehead atoms. The van der Waals surface area contributed by atoms with E-state index < -0.39 is 0 Å². The van der Waals surface area contributed by atoms with Crippen molar-refractivity contribution in [1.82, 2.24) is 20.1 Å². The predicted molar refractivity (Wildman–Crippen MR) is 114 cm³/mol. The van der Waals surface area contributed by atoms with E-state index >= 15 is 0 Å². The van der Waals surface area contributed by atoms with Gasteiger partial charge in [-0.05, 0) is 43.3 Å². The molecule has 30 heavy (non-hydrogen) atoms. The number of rotatable bonds is 5. The Morgan fingerprint density at radius 3 is 2.17 bits per heavy atom. The van der Waals surface area contributed by atoms with Gasteiger partial charge in [0.05, 0.1) is 0 Å². The van der Waals surface area contributed by atoms with E-state index in [1.54, 1.807) is 30.5 Å². The normalized spacial score (nSPS) is 13.8. The Labute approximate surface area is 174 Å². The van der Waals surface area contributed by atoms with Crippen LogP contribution in [0.5, 0.6) is 0 Å². The van der Waals surface area contributed by atoms with Crippen LogP contribution in [0.3, 0.4) is 0 Å². The molecule has 3 aromatic rings. The second kappa shape index (κ2) is 8.69. The summed E-state index contributed by atoms with van der Waals surface area (Å²) >= 11 is 0. The third-order valence-electron chi connectivity index (χ3n) is 5.00. The highest BCUT2D eigenvalue weighted by atomic mass is 16.2. The fourth-order valence-electron chi connectivity index (χ4n) is 3.30. The molecule has 2 aromatic heterocycles. The van der Waals surface area contributed by atoms with E-state index in [-0.39, 0.29) is 11.7 Å². The zero-order chi connectivity index (χ0) is 20.9. The van der Waals surface area contributed by atoms with E-state index in [1.807, 2.05) is 35.2 Å². The van der Waals surface area contributed by atoms with Gasteiger partial charge in [-0.1, -0.05) is 18.2 Å². The lowest BCUT2D eigenvalue weighted by molar-refractivity contribution is 0.0746. The van der Waals surface area contributed by atoms with Crippen LogP contribution in [0.4, 0.5) is 17.5 Å². The summed E-state index contributed by atoms with van der Waals surface area (Å²) in [6.07, 6.45) is 1.71. The fraction of sp³-hybridized carbons (Fsp3) is 0.227. The number of hydrogen-bond acceptors (Lipinski definition) is 7. The Morgan fingerprint density at radius 2 is 1.57 bits per heavy atom. The summed E-state index contributed by atoms with van der Waals surface area (Å²) in [5.74, 6) is 2.08. The van der Waals surface area contributed by atoms with Crippen LogP contribution in [0, 0.1) is 0 Å². The van der Waals surface area contributed by atoms with Gasteiger partial charge < -0.3 is 15.1 Å². The van der Waals surface area contributed by atoms with Gasteiger partial charge in [-0.3, -0.25) is 9.59 Å². The van der Waals surface area contributed by atoms with Crippen molar-refractivity contribution in [2.24, 2.45) is 0 Å². The van der Waals surface area contributed by atoms with Crippen LogP contribution in [0.25, 0.3) is 0 Å². The SMILES string of the molecule is CC(=O)c1ccc(C(=O)N2CCN(c3ccc(Nc4ccccn4)nn3)CC2)cc1. The number of carbonyl (C=O) groups is 2. The number of carbonyl (C=O) groups excluding carboxylic acids is 2. The molecule has 1 aromatic carbocycles. The van der Waals surface area contributed by atoms with Gasteiger partial charge in [0, 0.05) is 43.5 Å². The smallest absolute Gasteiger partial charge is 0.253 e. The van der Waals surface area contributed by atoms with Crippen molar-refractivity contribution in [2.45, 2.75) is 6.92 Å². The zero-order valence-electron chi connectivity index (χ0n) is 16.7. The van der Waals surface area contributed by atoms with Gasteiger partial charge in [0.15, 0.2) is 17.4 Å². The molecular formula is C22H22N6O2. The molecule has 1 aliphatic rings. The number of piperazine rings is 1. The molecule has 152 valence electrons. The van der Waals surface area contributed by atoms with E-state index in [9.17, 15) is 9.59 Å². The van der Waals surface area contributed by atoms with E-state index in [0.29, 0.717) is 48.9 Å².